The van der Waals surface area contributed by atoms with Gasteiger partial charge < -0.3 is 10.1 Å². The van der Waals surface area contributed by atoms with Crippen LogP contribution < -0.4 is 5.32 Å². The molecule has 2 nitrogen and oxygen atoms in total. The molecular formula is C13H29NO. The Morgan fingerprint density at radius 3 is 2.20 bits per heavy atom. The summed E-state index contributed by atoms with van der Waals surface area (Å²) in [6.45, 7) is 7.65. The van der Waals surface area contributed by atoms with Crippen molar-refractivity contribution in [3.8, 4) is 0 Å². The molecule has 0 bridgehead atoms. The molecule has 0 spiro atoms. The molecule has 1 N–H and O–H groups in total. The van der Waals surface area contributed by atoms with E-state index in [-0.39, 0.29) is 0 Å². The molecule has 0 aromatic rings. The van der Waals surface area contributed by atoms with Gasteiger partial charge in [0.05, 0.1) is 0 Å². The molecule has 0 amide bonds. The number of rotatable bonds is 5. The van der Waals surface area contributed by atoms with E-state index < -0.39 is 0 Å². The highest BCUT2D eigenvalue weighted by Crippen LogP contribution is 2.16. The van der Waals surface area contributed by atoms with E-state index in [1.807, 2.05) is 7.05 Å². The van der Waals surface area contributed by atoms with Crippen molar-refractivity contribution in [2.75, 3.05) is 26.8 Å². The molecule has 1 heterocycles. The third-order valence-electron chi connectivity index (χ3n) is 2.95. The molecule has 1 saturated heterocycles. The van der Waals surface area contributed by atoms with Crippen LogP contribution in [0.5, 0.6) is 0 Å². The van der Waals surface area contributed by atoms with Crippen molar-refractivity contribution < 1.29 is 4.74 Å². The Labute approximate surface area is 95.8 Å². The summed E-state index contributed by atoms with van der Waals surface area (Å²) in [5.74, 6) is 0.962. The second-order valence-corrected chi connectivity index (χ2v) is 4.27. The van der Waals surface area contributed by atoms with Gasteiger partial charge in [-0.15, -0.1) is 0 Å². The van der Waals surface area contributed by atoms with E-state index in [9.17, 15) is 0 Å². The quantitative estimate of drug-likeness (QED) is 0.711. The molecule has 0 atom stereocenters. The summed E-state index contributed by atoms with van der Waals surface area (Å²) in [5.41, 5.74) is 0. The third-order valence-corrected chi connectivity index (χ3v) is 2.95. The average Bonchev–Trinajstić information content (AvgIpc) is 2.32. The maximum Gasteiger partial charge on any atom is 0.0468 e. The molecule has 1 rings (SSSR count). The Hall–Kier alpha value is -0.0800. The summed E-state index contributed by atoms with van der Waals surface area (Å²) in [5, 5.41) is 3.10. The molecule has 0 aliphatic carbocycles. The maximum atomic E-state index is 5.20. The fraction of sp³-hybridized carbons (Fsp3) is 1.00. The highest BCUT2D eigenvalue weighted by molar-refractivity contribution is 4.60. The average molecular weight is 215 g/mol. The minimum Gasteiger partial charge on any atom is -0.381 e. The van der Waals surface area contributed by atoms with Crippen LogP contribution >= 0.6 is 0 Å². The van der Waals surface area contributed by atoms with Gasteiger partial charge in [0.2, 0.25) is 0 Å². The van der Waals surface area contributed by atoms with Crippen molar-refractivity contribution in [3.63, 3.8) is 0 Å². The molecule has 2 heteroatoms. The topological polar surface area (TPSA) is 21.3 Å². The molecule has 15 heavy (non-hydrogen) atoms. The molecule has 0 saturated carbocycles. The van der Waals surface area contributed by atoms with Gasteiger partial charge in [-0.05, 0) is 38.8 Å². The lowest BCUT2D eigenvalue weighted by atomic mass is 9.98. The highest BCUT2D eigenvalue weighted by Gasteiger charge is 2.09. The van der Waals surface area contributed by atoms with Crippen molar-refractivity contribution in [2.24, 2.45) is 5.92 Å². The zero-order valence-corrected chi connectivity index (χ0v) is 10.8. The Morgan fingerprint density at radius 2 is 1.80 bits per heavy atom. The zero-order valence-electron chi connectivity index (χ0n) is 10.8. The normalized spacial score (nSPS) is 17.0. The number of hydrogen-bond acceptors (Lipinski definition) is 2. The largest absolute Gasteiger partial charge is 0.381 e. The number of ether oxygens (including phenoxy) is 1. The Kier molecular flexibility index (Phi) is 11.9. The van der Waals surface area contributed by atoms with Crippen LogP contribution in [0, 0.1) is 5.92 Å². The van der Waals surface area contributed by atoms with E-state index >= 15 is 0 Å². The van der Waals surface area contributed by atoms with Crippen LogP contribution in [0.2, 0.25) is 0 Å². The highest BCUT2D eigenvalue weighted by atomic mass is 16.5. The lowest BCUT2D eigenvalue weighted by Gasteiger charge is -2.19. The molecule has 0 radical (unpaired) electrons. The molecule has 1 fully saturated rings. The smallest absolute Gasteiger partial charge is 0.0468 e. The summed E-state index contributed by atoms with van der Waals surface area (Å²) in [6, 6.07) is 0. The van der Waals surface area contributed by atoms with Crippen molar-refractivity contribution >= 4 is 0 Å². The maximum absolute atomic E-state index is 5.20. The lowest BCUT2D eigenvalue weighted by molar-refractivity contribution is 0.0654. The third kappa shape index (κ3) is 10.2. The second kappa shape index (κ2) is 12.0. The Bertz CT molecular complexity index is 107. The van der Waals surface area contributed by atoms with E-state index in [2.05, 4.69) is 19.2 Å². The van der Waals surface area contributed by atoms with Gasteiger partial charge in [0.15, 0.2) is 0 Å². The zero-order chi connectivity index (χ0) is 11.4. The van der Waals surface area contributed by atoms with Crippen molar-refractivity contribution in [3.05, 3.63) is 0 Å². The first-order valence-corrected chi connectivity index (χ1v) is 6.57. The van der Waals surface area contributed by atoms with Crippen LogP contribution in [0.25, 0.3) is 0 Å². The van der Waals surface area contributed by atoms with Crippen LogP contribution in [0.1, 0.15) is 52.4 Å². The van der Waals surface area contributed by atoms with Crippen LogP contribution in [0.3, 0.4) is 0 Å². The first kappa shape index (κ1) is 14.9. The minimum absolute atomic E-state index is 0.962. The van der Waals surface area contributed by atoms with E-state index in [1.54, 1.807) is 0 Å². The van der Waals surface area contributed by atoms with Gasteiger partial charge in [-0.3, -0.25) is 0 Å². The molecule has 1 aliphatic rings. The molecule has 0 aromatic heterocycles. The molecule has 1 aliphatic heterocycles. The fourth-order valence-corrected chi connectivity index (χ4v) is 1.71. The first-order valence-electron chi connectivity index (χ1n) is 6.57. The van der Waals surface area contributed by atoms with Crippen LogP contribution in [-0.2, 0) is 4.74 Å². The number of unbranched alkanes of at least 4 members (excludes halogenated alkanes) is 2. The van der Waals surface area contributed by atoms with Gasteiger partial charge in [0.1, 0.15) is 0 Å². The summed E-state index contributed by atoms with van der Waals surface area (Å²) in [4.78, 5) is 0. The van der Waals surface area contributed by atoms with Crippen molar-refractivity contribution in [1.82, 2.24) is 5.32 Å². The summed E-state index contributed by atoms with van der Waals surface area (Å²) in [6.07, 6.45) is 7.92. The first-order chi connectivity index (χ1) is 7.35. The summed E-state index contributed by atoms with van der Waals surface area (Å²) < 4.78 is 5.20. The standard InChI is InChI=1S/C7H14O.C6H15N/c1-2-7-3-5-8-6-4-7;1-3-4-5-6-7-2/h7H,2-6H2,1H3;7H,3-6H2,1-2H3. The lowest BCUT2D eigenvalue weighted by Crippen LogP contribution is -2.14. The van der Waals surface area contributed by atoms with Crippen molar-refractivity contribution in [1.29, 1.82) is 0 Å². The van der Waals surface area contributed by atoms with Gasteiger partial charge in [0, 0.05) is 13.2 Å². The summed E-state index contributed by atoms with van der Waals surface area (Å²) in [7, 11) is 2.00. The SMILES string of the molecule is CCC1CCOCC1.CCCCCNC. The van der Waals surface area contributed by atoms with E-state index in [0.29, 0.717) is 0 Å². The monoisotopic (exact) mass is 215 g/mol. The Balaban J connectivity index is 0.000000265. The molecule has 0 unspecified atom stereocenters. The number of hydrogen-bond donors (Lipinski definition) is 1. The number of nitrogens with one attached hydrogen (secondary N) is 1. The molecular weight excluding hydrogens is 186 g/mol. The van der Waals surface area contributed by atoms with Crippen molar-refractivity contribution in [2.45, 2.75) is 52.4 Å². The minimum atomic E-state index is 0.962. The van der Waals surface area contributed by atoms with E-state index in [4.69, 9.17) is 4.74 Å². The molecule has 0 aromatic carbocycles. The van der Waals surface area contributed by atoms with Crippen LogP contribution in [-0.4, -0.2) is 26.8 Å². The van der Waals surface area contributed by atoms with E-state index in [0.717, 1.165) is 19.1 Å². The van der Waals surface area contributed by atoms with Crippen LogP contribution in [0.4, 0.5) is 0 Å². The van der Waals surface area contributed by atoms with Gasteiger partial charge in [-0.25, -0.2) is 0 Å². The predicted octanol–water partition coefficient (Wildman–Crippen LogP) is 3.22. The summed E-state index contributed by atoms with van der Waals surface area (Å²) >= 11 is 0. The van der Waals surface area contributed by atoms with E-state index in [1.165, 1.54) is 45.1 Å². The predicted molar refractivity (Wildman–Crippen MR) is 67.3 cm³/mol. The van der Waals surface area contributed by atoms with Gasteiger partial charge in [-0.1, -0.05) is 33.1 Å². The van der Waals surface area contributed by atoms with Crippen LogP contribution in [0.15, 0.2) is 0 Å². The fourth-order valence-electron chi connectivity index (χ4n) is 1.71. The van der Waals surface area contributed by atoms with Gasteiger partial charge in [-0.2, -0.15) is 0 Å². The second-order valence-electron chi connectivity index (χ2n) is 4.27. The molecule has 92 valence electrons. The Morgan fingerprint density at radius 1 is 1.13 bits per heavy atom. The van der Waals surface area contributed by atoms with Gasteiger partial charge in [0.25, 0.3) is 0 Å². The van der Waals surface area contributed by atoms with Gasteiger partial charge >= 0.3 is 0 Å².